The minimum atomic E-state index is 0.116. The molecule has 0 radical (unpaired) electrons. The van der Waals surface area contributed by atoms with E-state index in [4.69, 9.17) is 0 Å². The molecule has 0 amide bonds. The summed E-state index contributed by atoms with van der Waals surface area (Å²) in [5, 5.41) is 3.49. The second-order valence-corrected chi connectivity index (χ2v) is 5.96. The molecule has 2 aromatic rings. The highest BCUT2D eigenvalue weighted by Gasteiger charge is 2.37. The maximum atomic E-state index is 3.49. The Labute approximate surface area is 122 Å². The zero-order valence-electron chi connectivity index (χ0n) is 12.2. The van der Waals surface area contributed by atoms with Gasteiger partial charge in [0.05, 0.1) is 0 Å². The van der Waals surface area contributed by atoms with Gasteiger partial charge in [-0.05, 0) is 43.0 Å². The topological polar surface area (TPSA) is 12.0 Å². The third-order valence-corrected chi connectivity index (χ3v) is 4.90. The lowest BCUT2D eigenvalue weighted by atomic mass is 9.64. The first-order valence-electron chi connectivity index (χ1n) is 7.63. The van der Waals surface area contributed by atoms with Crippen molar-refractivity contribution in [2.45, 2.75) is 25.2 Å². The van der Waals surface area contributed by atoms with E-state index in [1.54, 1.807) is 0 Å². The lowest BCUT2D eigenvalue weighted by Crippen LogP contribution is -2.40. The first kappa shape index (κ1) is 13.4. The molecule has 2 aromatic carbocycles. The van der Waals surface area contributed by atoms with Crippen LogP contribution in [0.4, 0.5) is 0 Å². The van der Waals surface area contributed by atoms with Gasteiger partial charge in [-0.2, -0.15) is 0 Å². The highest BCUT2D eigenvalue weighted by molar-refractivity contribution is 5.39. The van der Waals surface area contributed by atoms with E-state index >= 15 is 0 Å². The van der Waals surface area contributed by atoms with Gasteiger partial charge in [0.15, 0.2) is 0 Å². The Morgan fingerprint density at radius 3 is 1.70 bits per heavy atom. The minimum absolute atomic E-state index is 0.116. The van der Waals surface area contributed by atoms with E-state index in [1.807, 2.05) is 0 Å². The molecule has 1 saturated heterocycles. The normalized spacial score (nSPS) is 17.1. The molecule has 0 bridgehead atoms. The fourth-order valence-corrected chi connectivity index (χ4v) is 3.61. The maximum absolute atomic E-state index is 3.49. The second kappa shape index (κ2) is 5.80. The van der Waals surface area contributed by atoms with E-state index in [0.29, 0.717) is 5.92 Å². The summed E-state index contributed by atoms with van der Waals surface area (Å²) in [5.41, 5.74) is 3.00. The predicted octanol–water partition coefficient (Wildman–Crippen LogP) is 3.99. The largest absolute Gasteiger partial charge is 0.317 e. The van der Waals surface area contributed by atoms with Gasteiger partial charge in [0, 0.05) is 5.41 Å². The molecule has 104 valence electrons. The third kappa shape index (κ3) is 2.38. The number of nitrogens with one attached hydrogen (secondary N) is 1. The maximum Gasteiger partial charge on any atom is 0.0203 e. The van der Waals surface area contributed by atoms with Crippen LogP contribution in [0.25, 0.3) is 0 Å². The van der Waals surface area contributed by atoms with Gasteiger partial charge >= 0.3 is 0 Å². The summed E-state index contributed by atoms with van der Waals surface area (Å²) < 4.78 is 0. The summed E-state index contributed by atoms with van der Waals surface area (Å²) in [5.74, 6) is 0.702. The summed E-state index contributed by atoms with van der Waals surface area (Å²) in [7, 11) is 0. The fourth-order valence-electron chi connectivity index (χ4n) is 3.61. The third-order valence-electron chi connectivity index (χ3n) is 4.90. The van der Waals surface area contributed by atoms with Crippen molar-refractivity contribution in [2.24, 2.45) is 5.92 Å². The smallest absolute Gasteiger partial charge is 0.0203 e. The summed E-state index contributed by atoms with van der Waals surface area (Å²) in [6.07, 6.45) is 2.50. The van der Waals surface area contributed by atoms with E-state index in [9.17, 15) is 0 Å². The van der Waals surface area contributed by atoms with Crippen LogP contribution in [0.5, 0.6) is 0 Å². The molecule has 1 nitrogen and oxygen atoms in total. The van der Waals surface area contributed by atoms with Gasteiger partial charge in [-0.3, -0.25) is 0 Å². The summed E-state index contributed by atoms with van der Waals surface area (Å²) in [4.78, 5) is 0. The monoisotopic (exact) mass is 265 g/mol. The molecule has 0 aliphatic carbocycles. The Kier molecular flexibility index (Phi) is 3.88. The molecule has 1 N–H and O–H groups in total. The van der Waals surface area contributed by atoms with Crippen LogP contribution in [0.2, 0.25) is 0 Å². The average Bonchev–Trinajstić information content (AvgIpc) is 2.56. The minimum Gasteiger partial charge on any atom is -0.317 e. The number of rotatable bonds is 3. The molecule has 0 aromatic heterocycles. The van der Waals surface area contributed by atoms with Crippen LogP contribution in [-0.2, 0) is 5.41 Å². The van der Waals surface area contributed by atoms with Crippen LogP contribution in [0, 0.1) is 5.92 Å². The molecule has 1 heterocycles. The van der Waals surface area contributed by atoms with Crippen LogP contribution in [0.1, 0.15) is 30.9 Å². The second-order valence-electron chi connectivity index (χ2n) is 5.96. The van der Waals surface area contributed by atoms with Crippen LogP contribution in [-0.4, -0.2) is 13.1 Å². The van der Waals surface area contributed by atoms with Crippen molar-refractivity contribution in [3.8, 4) is 0 Å². The van der Waals surface area contributed by atoms with Crippen molar-refractivity contribution < 1.29 is 0 Å². The highest BCUT2D eigenvalue weighted by atomic mass is 14.9. The Morgan fingerprint density at radius 2 is 1.25 bits per heavy atom. The molecule has 0 atom stereocenters. The Bertz CT molecular complexity index is 487. The molecular weight excluding hydrogens is 242 g/mol. The molecule has 1 aliphatic rings. The van der Waals surface area contributed by atoms with Gasteiger partial charge in [-0.1, -0.05) is 67.6 Å². The Morgan fingerprint density at radius 1 is 0.800 bits per heavy atom. The van der Waals surface area contributed by atoms with E-state index in [-0.39, 0.29) is 5.41 Å². The van der Waals surface area contributed by atoms with E-state index < -0.39 is 0 Å². The lowest BCUT2D eigenvalue weighted by Gasteiger charge is -2.41. The molecule has 1 aliphatic heterocycles. The SMILES string of the molecule is CC(c1ccccc1)(c1ccccc1)C1CCNCC1. The van der Waals surface area contributed by atoms with Gasteiger partial charge in [-0.15, -0.1) is 0 Å². The number of benzene rings is 2. The van der Waals surface area contributed by atoms with Crippen molar-refractivity contribution in [1.82, 2.24) is 5.32 Å². The van der Waals surface area contributed by atoms with Gasteiger partial charge in [-0.25, -0.2) is 0 Å². The van der Waals surface area contributed by atoms with Gasteiger partial charge in [0.1, 0.15) is 0 Å². The lowest BCUT2D eigenvalue weighted by molar-refractivity contribution is 0.266. The first-order valence-corrected chi connectivity index (χ1v) is 7.63. The summed E-state index contributed by atoms with van der Waals surface area (Å²) in [6.45, 7) is 4.70. The van der Waals surface area contributed by atoms with Gasteiger partial charge in [0.2, 0.25) is 0 Å². The fraction of sp³-hybridized carbons (Fsp3) is 0.368. The molecule has 3 rings (SSSR count). The standard InChI is InChI=1S/C19H23N/c1-19(16-8-4-2-5-9-16,17-10-6-3-7-11-17)18-12-14-20-15-13-18/h2-11,18,20H,12-15H2,1H3. The Balaban J connectivity index is 2.07. The van der Waals surface area contributed by atoms with Gasteiger partial charge < -0.3 is 5.32 Å². The zero-order valence-corrected chi connectivity index (χ0v) is 12.2. The number of piperidine rings is 1. The van der Waals surface area contributed by atoms with E-state index in [0.717, 1.165) is 13.1 Å². The van der Waals surface area contributed by atoms with Gasteiger partial charge in [0.25, 0.3) is 0 Å². The summed E-state index contributed by atoms with van der Waals surface area (Å²) >= 11 is 0. The zero-order chi connectivity index (χ0) is 13.8. The highest BCUT2D eigenvalue weighted by Crippen LogP contribution is 2.42. The molecule has 20 heavy (non-hydrogen) atoms. The van der Waals surface area contributed by atoms with Crippen molar-refractivity contribution in [3.05, 3.63) is 71.8 Å². The van der Waals surface area contributed by atoms with Crippen molar-refractivity contribution in [3.63, 3.8) is 0 Å². The van der Waals surface area contributed by atoms with Crippen LogP contribution in [0.15, 0.2) is 60.7 Å². The van der Waals surface area contributed by atoms with Crippen molar-refractivity contribution in [1.29, 1.82) is 0 Å². The predicted molar refractivity (Wildman–Crippen MR) is 84.9 cm³/mol. The summed E-state index contributed by atoms with van der Waals surface area (Å²) in [6, 6.07) is 22.0. The molecule has 0 unspecified atom stereocenters. The molecule has 0 saturated carbocycles. The van der Waals surface area contributed by atoms with Crippen molar-refractivity contribution >= 4 is 0 Å². The number of hydrogen-bond acceptors (Lipinski definition) is 1. The van der Waals surface area contributed by atoms with E-state index in [1.165, 1.54) is 24.0 Å². The first-order chi connectivity index (χ1) is 9.82. The van der Waals surface area contributed by atoms with Crippen LogP contribution < -0.4 is 5.32 Å². The molecule has 1 fully saturated rings. The van der Waals surface area contributed by atoms with Crippen LogP contribution >= 0.6 is 0 Å². The van der Waals surface area contributed by atoms with Crippen LogP contribution in [0.3, 0.4) is 0 Å². The number of hydrogen-bond donors (Lipinski definition) is 1. The quantitative estimate of drug-likeness (QED) is 0.884. The molecular formula is C19H23N. The Hall–Kier alpha value is -1.60. The molecule has 0 spiro atoms. The molecule has 1 heteroatoms. The van der Waals surface area contributed by atoms with Crippen molar-refractivity contribution in [2.75, 3.05) is 13.1 Å². The average molecular weight is 265 g/mol. The van der Waals surface area contributed by atoms with E-state index in [2.05, 4.69) is 72.9 Å².